The van der Waals surface area contributed by atoms with Crippen molar-refractivity contribution >= 4 is 11.6 Å². The van der Waals surface area contributed by atoms with E-state index >= 15 is 0 Å². The summed E-state index contributed by atoms with van der Waals surface area (Å²) in [6.07, 6.45) is 6.90. The van der Waals surface area contributed by atoms with Crippen molar-refractivity contribution in [3.8, 4) is 0 Å². The number of hydrogen-bond acceptors (Lipinski definition) is 4. The normalized spacial score (nSPS) is 15.8. The van der Waals surface area contributed by atoms with Gasteiger partial charge in [-0.05, 0) is 19.3 Å². The Hall–Kier alpha value is -1.56. The highest BCUT2D eigenvalue weighted by molar-refractivity contribution is 5.97. The van der Waals surface area contributed by atoms with Gasteiger partial charge in [0.2, 0.25) is 0 Å². The molecule has 106 valence electrons. The molecule has 1 aromatic heterocycles. The summed E-state index contributed by atoms with van der Waals surface area (Å²) >= 11 is 0. The van der Waals surface area contributed by atoms with Crippen LogP contribution in [0.25, 0.3) is 0 Å². The molecule has 0 aromatic carbocycles. The molecule has 0 bridgehead atoms. The van der Waals surface area contributed by atoms with Crippen LogP contribution in [0.1, 0.15) is 48.6 Å². The summed E-state index contributed by atoms with van der Waals surface area (Å²) in [5.41, 5.74) is 6.83. The number of methoxy groups -OCH3 is 1. The predicted octanol–water partition coefficient (Wildman–Crippen LogP) is 1.35. The first-order valence-corrected chi connectivity index (χ1v) is 6.84. The minimum Gasteiger partial charge on any atom is -0.396 e. The van der Waals surface area contributed by atoms with E-state index < -0.39 is 0 Å². The monoisotopic (exact) mass is 266 g/mol. The smallest absolute Gasteiger partial charge is 0.271 e. The van der Waals surface area contributed by atoms with Gasteiger partial charge in [0.05, 0.1) is 17.9 Å². The van der Waals surface area contributed by atoms with Crippen LogP contribution in [0.15, 0.2) is 6.20 Å². The van der Waals surface area contributed by atoms with Crippen LogP contribution < -0.4 is 11.1 Å². The number of amides is 1. The highest BCUT2D eigenvalue weighted by Crippen LogP contribution is 2.31. The third-order valence-electron chi connectivity index (χ3n) is 3.52. The Balaban J connectivity index is 2.01. The van der Waals surface area contributed by atoms with Crippen molar-refractivity contribution in [3.63, 3.8) is 0 Å². The van der Waals surface area contributed by atoms with Gasteiger partial charge in [-0.1, -0.05) is 12.8 Å². The second-order valence-electron chi connectivity index (χ2n) is 4.93. The van der Waals surface area contributed by atoms with E-state index in [1.165, 1.54) is 12.8 Å². The van der Waals surface area contributed by atoms with Gasteiger partial charge in [-0.2, -0.15) is 5.10 Å². The maximum Gasteiger partial charge on any atom is 0.271 e. The largest absolute Gasteiger partial charge is 0.396 e. The second-order valence-corrected chi connectivity index (χ2v) is 4.93. The number of ether oxygens (including phenoxy) is 1. The van der Waals surface area contributed by atoms with E-state index in [4.69, 9.17) is 10.5 Å². The lowest BCUT2D eigenvalue weighted by Gasteiger charge is -2.14. The number of carbonyl (C=O) groups is 1. The number of rotatable bonds is 6. The van der Waals surface area contributed by atoms with Gasteiger partial charge < -0.3 is 15.8 Å². The van der Waals surface area contributed by atoms with E-state index in [-0.39, 0.29) is 5.91 Å². The van der Waals surface area contributed by atoms with Gasteiger partial charge in [-0.25, -0.2) is 0 Å². The molecule has 1 fully saturated rings. The standard InChI is InChI=1S/C13H22N4O2/c1-19-8-4-7-15-13(18)12-11(14)9-16-17(12)10-5-2-3-6-10/h9-10H,2-8,14H2,1H3,(H,15,18). The van der Waals surface area contributed by atoms with E-state index in [0.717, 1.165) is 19.3 Å². The summed E-state index contributed by atoms with van der Waals surface area (Å²) in [5, 5.41) is 7.13. The first-order chi connectivity index (χ1) is 9.24. The minimum absolute atomic E-state index is 0.141. The van der Waals surface area contributed by atoms with E-state index in [1.54, 1.807) is 18.0 Å². The third kappa shape index (κ3) is 3.26. The molecule has 0 unspecified atom stereocenters. The molecular formula is C13H22N4O2. The van der Waals surface area contributed by atoms with Crippen LogP contribution in [-0.2, 0) is 4.74 Å². The topological polar surface area (TPSA) is 82.2 Å². The van der Waals surface area contributed by atoms with Crippen molar-refractivity contribution in [1.82, 2.24) is 15.1 Å². The predicted molar refractivity (Wildman–Crippen MR) is 73.0 cm³/mol. The van der Waals surface area contributed by atoms with Gasteiger partial charge in [0.25, 0.3) is 5.91 Å². The first-order valence-electron chi connectivity index (χ1n) is 6.84. The van der Waals surface area contributed by atoms with Crippen LogP contribution in [0.3, 0.4) is 0 Å². The fourth-order valence-electron chi connectivity index (χ4n) is 2.54. The van der Waals surface area contributed by atoms with E-state index in [0.29, 0.717) is 30.6 Å². The Morgan fingerprint density at radius 2 is 2.32 bits per heavy atom. The fraction of sp³-hybridized carbons (Fsp3) is 0.692. The van der Waals surface area contributed by atoms with Crippen molar-refractivity contribution in [3.05, 3.63) is 11.9 Å². The molecule has 1 heterocycles. The second kappa shape index (κ2) is 6.56. The maximum absolute atomic E-state index is 12.2. The SMILES string of the molecule is COCCCNC(=O)c1c(N)cnn1C1CCCC1. The molecule has 1 aliphatic carbocycles. The van der Waals surface area contributed by atoms with Crippen LogP contribution >= 0.6 is 0 Å². The lowest BCUT2D eigenvalue weighted by molar-refractivity contribution is 0.0936. The van der Waals surface area contributed by atoms with E-state index in [1.807, 2.05) is 0 Å². The number of nitrogen functional groups attached to an aromatic ring is 1. The summed E-state index contributed by atoms with van der Waals surface area (Å²) < 4.78 is 6.75. The zero-order valence-corrected chi connectivity index (χ0v) is 11.4. The molecule has 0 saturated heterocycles. The van der Waals surface area contributed by atoms with E-state index in [9.17, 15) is 4.79 Å². The van der Waals surface area contributed by atoms with Gasteiger partial charge in [0.15, 0.2) is 0 Å². The number of carbonyl (C=O) groups excluding carboxylic acids is 1. The van der Waals surface area contributed by atoms with Crippen molar-refractivity contribution in [2.45, 2.75) is 38.1 Å². The molecule has 2 rings (SSSR count). The number of anilines is 1. The Labute approximate surface area is 113 Å². The Kier molecular flexibility index (Phi) is 4.79. The summed E-state index contributed by atoms with van der Waals surface area (Å²) in [5.74, 6) is -0.141. The van der Waals surface area contributed by atoms with Crippen LogP contribution in [-0.4, -0.2) is 35.9 Å². The Morgan fingerprint density at radius 1 is 1.58 bits per heavy atom. The number of hydrogen-bond donors (Lipinski definition) is 2. The van der Waals surface area contributed by atoms with Gasteiger partial charge >= 0.3 is 0 Å². The number of nitrogens with two attached hydrogens (primary N) is 1. The zero-order chi connectivity index (χ0) is 13.7. The average molecular weight is 266 g/mol. The lowest BCUT2D eigenvalue weighted by Crippen LogP contribution is -2.29. The molecule has 1 saturated carbocycles. The molecule has 0 atom stereocenters. The van der Waals surface area contributed by atoms with Gasteiger partial charge in [-0.3, -0.25) is 9.48 Å². The maximum atomic E-state index is 12.2. The highest BCUT2D eigenvalue weighted by Gasteiger charge is 2.24. The van der Waals surface area contributed by atoms with Gasteiger partial charge in [-0.15, -0.1) is 0 Å². The van der Waals surface area contributed by atoms with Crippen LogP contribution in [0.4, 0.5) is 5.69 Å². The third-order valence-corrected chi connectivity index (χ3v) is 3.52. The summed E-state index contributed by atoms with van der Waals surface area (Å²) in [6, 6.07) is 0.317. The molecule has 6 heteroatoms. The molecule has 1 aliphatic rings. The summed E-state index contributed by atoms with van der Waals surface area (Å²) in [7, 11) is 1.65. The van der Waals surface area contributed by atoms with E-state index in [2.05, 4.69) is 10.4 Å². The number of aromatic nitrogens is 2. The number of nitrogens with zero attached hydrogens (tertiary/aromatic N) is 2. The molecule has 1 aromatic rings. The lowest BCUT2D eigenvalue weighted by atomic mass is 10.2. The molecule has 3 N–H and O–H groups in total. The zero-order valence-electron chi connectivity index (χ0n) is 11.4. The number of nitrogens with one attached hydrogen (secondary N) is 1. The van der Waals surface area contributed by atoms with Crippen LogP contribution in [0.5, 0.6) is 0 Å². The van der Waals surface area contributed by atoms with Crippen LogP contribution in [0.2, 0.25) is 0 Å². The molecule has 0 aliphatic heterocycles. The molecular weight excluding hydrogens is 244 g/mol. The van der Waals surface area contributed by atoms with Crippen molar-refractivity contribution in [1.29, 1.82) is 0 Å². The molecule has 1 amide bonds. The van der Waals surface area contributed by atoms with Crippen molar-refractivity contribution < 1.29 is 9.53 Å². The highest BCUT2D eigenvalue weighted by atomic mass is 16.5. The Bertz CT molecular complexity index is 424. The van der Waals surface area contributed by atoms with Crippen molar-refractivity contribution in [2.24, 2.45) is 0 Å². The molecule has 0 spiro atoms. The molecule has 6 nitrogen and oxygen atoms in total. The van der Waals surface area contributed by atoms with Gasteiger partial charge in [0.1, 0.15) is 5.69 Å². The summed E-state index contributed by atoms with van der Waals surface area (Å²) in [4.78, 5) is 12.2. The van der Waals surface area contributed by atoms with Gasteiger partial charge in [0, 0.05) is 20.3 Å². The Morgan fingerprint density at radius 3 is 3.00 bits per heavy atom. The molecule has 19 heavy (non-hydrogen) atoms. The van der Waals surface area contributed by atoms with Crippen molar-refractivity contribution in [2.75, 3.05) is 26.0 Å². The first kappa shape index (κ1) is 13.9. The van der Waals surface area contributed by atoms with Crippen LogP contribution in [0, 0.1) is 0 Å². The fourth-order valence-corrected chi connectivity index (χ4v) is 2.54. The average Bonchev–Trinajstić information content (AvgIpc) is 3.03. The minimum atomic E-state index is -0.141. The molecule has 0 radical (unpaired) electrons. The quantitative estimate of drug-likeness (QED) is 0.761. The summed E-state index contributed by atoms with van der Waals surface area (Å²) in [6.45, 7) is 1.22.